The Bertz CT molecular complexity index is 665. The molecule has 2 aromatic rings. The molecule has 4 rings (SSSR count). The average Bonchev–Trinajstić information content (AvgIpc) is 3.29. The number of rotatable bonds is 6. The number of nitrogens with one attached hydrogen (secondary N) is 1. The van der Waals surface area contributed by atoms with Crippen molar-refractivity contribution in [3.8, 4) is 5.75 Å². The quantitative estimate of drug-likeness (QED) is 0.820. The van der Waals surface area contributed by atoms with E-state index < -0.39 is 0 Å². The summed E-state index contributed by atoms with van der Waals surface area (Å²) in [6.07, 6.45) is 3.81. The summed E-state index contributed by atoms with van der Waals surface area (Å²) in [5.74, 6) is 0.952. The number of para-hydroxylation sites is 1. The molecule has 0 aliphatic carbocycles. The number of hydrogen-bond acceptors (Lipinski definition) is 4. The Morgan fingerprint density at radius 3 is 2.58 bits per heavy atom. The van der Waals surface area contributed by atoms with Gasteiger partial charge in [-0.05, 0) is 68.2 Å². The predicted octanol–water partition coefficient (Wildman–Crippen LogP) is 3.71. The van der Waals surface area contributed by atoms with Crippen molar-refractivity contribution in [2.45, 2.75) is 25.8 Å². The molecule has 2 aliphatic heterocycles. The second-order valence-electron chi connectivity index (χ2n) is 6.54. The molecule has 1 saturated heterocycles. The summed E-state index contributed by atoms with van der Waals surface area (Å²) in [5.41, 5.74) is 7.14. The standard InChI is InChI=1S/C20H25N3O/c1-2-7-20-17(6-1)16-21-23(20)18-8-10-19(11-9-18)24-15-5-14-22-12-3-4-13-22/h1-2,6-11,21H,3-5,12-16H2. The van der Waals surface area contributed by atoms with Crippen molar-refractivity contribution in [1.29, 1.82) is 0 Å². The van der Waals surface area contributed by atoms with Crippen molar-refractivity contribution in [3.63, 3.8) is 0 Å². The van der Waals surface area contributed by atoms with Crippen molar-refractivity contribution < 1.29 is 4.74 Å². The summed E-state index contributed by atoms with van der Waals surface area (Å²) < 4.78 is 5.89. The number of ether oxygens (including phenoxy) is 1. The summed E-state index contributed by atoms with van der Waals surface area (Å²) in [4.78, 5) is 2.53. The molecule has 0 unspecified atom stereocenters. The SMILES string of the molecule is c1ccc2c(c1)CNN2c1ccc(OCCCN2CCCC2)cc1. The molecule has 0 bridgehead atoms. The van der Waals surface area contributed by atoms with Crippen LogP contribution in [0.1, 0.15) is 24.8 Å². The van der Waals surface area contributed by atoms with E-state index in [2.05, 4.69) is 63.9 Å². The highest BCUT2D eigenvalue weighted by Gasteiger charge is 2.19. The van der Waals surface area contributed by atoms with E-state index >= 15 is 0 Å². The molecule has 0 atom stereocenters. The zero-order valence-corrected chi connectivity index (χ0v) is 14.1. The highest BCUT2D eigenvalue weighted by molar-refractivity contribution is 5.68. The Labute approximate surface area is 144 Å². The van der Waals surface area contributed by atoms with E-state index in [0.29, 0.717) is 0 Å². The molecule has 0 radical (unpaired) electrons. The van der Waals surface area contributed by atoms with Crippen LogP contribution in [-0.4, -0.2) is 31.1 Å². The van der Waals surface area contributed by atoms with E-state index in [9.17, 15) is 0 Å². The Hall–Kier alpha value is -2.04. The second-order valence-corrected chi connectivity index (χ2v) is 6.54. The van der Waals surface area contributed by atoms with E-state index in [0.717, 1.165) is 37.6 Å². The second kappa shape index (κ2) is 7.24. The highest BCUT2D eigenvalue weighted by atomic mass is 16.5. The first kappa shape index (κ1) is 15.5. The molecular weight excluding hydrogens is 298 g/mol. The summed E-state index contributed by atoms with van der Waals surface area (Å²) in [6, 6.07) is 16.8. The zero-order chi connectivity index (χ0) is 16.2. The predicted molar refractivity (Wildman–Crippen MR) is 97.6 cm³/mol. The van der Waals surface area contributed by atoms with Crippen LogP contribution < -0.4 is 15.2 Å². The molecule has 1 N–H and O–H groups in total. The van der Waals surface area contributed by atoms with E-state index in [1.165, 1.54) is 37.2 Å². The van der Waals surface area contributed by atoms with Crippen LogP contribution in [0.25, 0.3) is 0 Å². The molecule has 0 aromatic heterocycles. The molecule has 2 heterocycles. The van der Waals surface area contributed by atoms with Crippen molar-refractivity contribution in [1.82, 2.24) is 10.3 Å². The number of likely N-dealkylation sites (tertiary alicyclic amines) is 1. The lowest BCUT2D eigenvalue weighted by molar-refractivity contribution is 0.263. The lowest BCUT2D eigenvalue weighted by Gasteiger charge is -2.20. The first-order chi connectivity index (χ1) is 11.9. The fourth-order valence-corrected chi connectivity index (χ4v) is 3.53. The average molecular weight is 323 g/mol. The Morgan fingerprint density at radius 1 is 0.958 bits per heavy atom. The molecule has 2 aliphatic rings. The van der Waals surface area contributed by atoms with Crippen LogP contribution in [0, 0.1) is 0 Å². The first-order valence-corrected chi connectivity index (χ1v) is 8.97. The van der Waals surface area contributed by atoms with Crippen LogP contribution in [0.5, 0.6) is 5.75 Å². The smallest absolute Gasteiger partial charge is 0.119 e. The minimum Gasteiger partial charge on any atom is -0.494 e. The summed E-state index contributed by atoms with van der Waals surface area (Å²) >= 11 is 0. The lowest BCUT2D eigenvalue weighted by Crippen LogP contribution is -2.26. The molecule has 0 spiro atoms. The number of nitrogens with zero attached hydrogens (tertiary/aromatic N) is 2. The van der Waals surface area contributed by atoms with Gasteiger partial charge in [0, 0.05) is 13.1 Å². The maximum absolute atomic E-state index is 5.89. The Balaban J connectivity index is 1.30. The van der Waals surface area contributed by atoms with Crippen LogP contribution in [0.4, 0.5) is 11.4 Å². The van der Waals surface area contributed by atoms with E-state index in [1.807, 2.05) is 0 Å². The number of anilines is 2. The minimum atomic E-state index is 0.792. The van der Waals surface area contributed by atoms with Gasteiger partial charge in [0.2, 0.25) is 0 Å². The van der Waals surface area contributed by atoms with Crippen LogP contribution in [0.15, 0.2) is 48.5 Å². The third kappa shape index (κ3) is 3.40. The molecular formula is C20H25N3O. The largest absolute Gasteiger partial charge is 0.494 e. The molecule has 24 heavy (non-hydrogen) atoms. The van der Waals surface area contributed by atoms with E-state index in [4.69, 9.17) is 4.74 Å². The van der Waals surface area contributed by atoms with Gasteiger partial charge >= 0.3 is 0 Å². The van der Waals surface area contributed by atoms with E-state index in [-0.39, 0.29) is 0 Å². The van der Waals surface area contributed by atoms with Gasteiger partial charge in [0.05, 0.1) is 18.0 Å². The molecule has 4 heteroatoms. The molecule has 4 nitrogen and oxygen atoms in total. The number of benzene rings is 2. The van der Waals surface area contributed by atoms with Gasteiger partial charge in [0.15, 0.2) is 0 Å². The molecule has 1 fully saturated rings. The number of fused-ring (bicyclic) bond motifs is 1. The van der Waals surface area contributed by atoms with Gasteiger partial charge in [-0.2, -0.15) is 0 Å². The van der Waals surface area contributed by atoms with Crippen molar-refractivity contribution >= 4 is 11.4 Å². The lowest BCUT2D eigenvalue weighted by atomic mass is 10.2. The normalized spacial score (nSPS) is 17.2. The van der Waals surface area contributed by atoms with Crippen molar-refractivity contribution in [2.24, 2.45) is 0 Å². The van der Waals surface area contributed by atoms with Crippen LogP contribution in [0.2, 0.25) is 0 Å². The molecule has 0 saturated carbocycles. The van der Waals surface area contributed by atoms with E-state index in [1.54, 1.807) is 0 Å². The van der Waals surface area contributed by atoms with Gasteiger partial charge < -0.3 is 9.64 Å². The number of hydrogen-bond donors (Lipinski definition) is 1. The third-order valence-corrected chi connectivity index (χ3v) is 4.84. The molecule has 2 aromatic carbocycles. The van der Waals surface area contributed by atoms with Crippen molar-refractivity contribution in [3.05, 3.63) is 54.1 Å². The van der Waals surface area contributed by atoms with Gasteiger partial charge in [-0.1, -0.05) is 18.2 Å². The maximum atomic E-state index is 5.89. The fraction of sp³-hybridized carbons (Fsp3) is 0.400. The van der Waals surface area contributed by atoms with Crippen LogP contribution in [0.3, 0.4) is 0 Å². The Morgan fingerprint density at radius 2 is 1.75 bits per heavy atom. The summed E-state index contributed by atoms with van der Waals surface area (Å²) in [6.45, 7) is 5.36. The van der Waals surface area contributed by atoms with Crippen LogP contribution in [-0.2, 0) is 6.54 Å². The third-order valence-electron chi connectivity index (χ3n) is 4.84. The minimum absolute atomic E-state index is 0.792. The molecule has 126 valence electrons. The van der Waals surface area contributed by atoms with Gasteiger partial charge in [0.1, 0.15) is 5.75 Å². The topological polar surface area (TPSA) is 27.7 Å². The summed E-state index contributed by atoms with van der Waals surface area (Å²) in [5, 5.41) is 2.15. The first-order valence-electron chi connectivity index (χ1n) is 8.97. The highest BCUT2D eigenvalue weighted by Crippen LogP contribution is 2.32. The van der Waals surface area contributed by atoms with Crippen LogP contribution >= 0.6 is 0 Å². The number of hydrazine groups is 1. The van der Waals surface area contributed by atoms with Gasteiger partial charge in [0.25, 0.3) is 0 Å². The van der Waals surface area contributed by atoms with Gasteiger partial charge in [-0.3, -0.25) is 5.01 Å². The summed E-state index contributed by atoms with van der Waals surface area (Å²) in [7, 11) is 0. The fourth-order valence-electron chi connectivity index (χ4n) is 3.53. The molecule has 0 amide bonds. The maximum Gasteiger partial charge on any atom is 0.119 e. The zero-order valence-electron chi connectivity index (χ0n) is 14.1. The monoisotopic (exact) mass is 323 g/mol. The van der Waals surface area contributed by atoms with Gasteiger partial charge in [-0.15, -0.1) is 0 Å². The van der Waals surface area contributed by atoms with Crippen molar-refractivity contribution in [2.75, 3.05) is 31.3 Å². The Kier molecular flexibility index (Phi) is 4.67. The van der Waals surface area contributed by atoms with Gasteiger partial charge in [-0.25, -0.2) is 5.43 Å².